The SMILES string of the molecule is C[C@H](N)C(=O)N1CCN(CCc2ccccc2)CC1. The molecule has 2 N–H and O–H groups in total. The van der Waals surface area contributed by atoms with Crippen LogP contribution in [-0.2, 0) is 11.2 Å². The van der Waals surface area contributed by atoms with Gasteiger partial charge in [0.05, 0.1) is 6.04 Å². The summed E-state index contributed by atoms with van der Waals surface area (Å²) in [5, 5.41) is 0. The molecule has 0 bridgehead atoms. The summed E-state index contributed by atoms with van der Waals surface area (Å²) in [6, 6.07) is 10.1. The number of piperazine rings is 1. The van der Waals surface area contributed by atoms with Crippen molar-refractivity contribution in [3.63, 3.8) is 0 Å². The molecule has 0 aliphatic carbocycles. The minimum atomic E-state index is -0.379. The highest BCUT2D eigenvalue weighted by molar-refractivity contribution is 5.81. The van der Waals surface area contributed by atoms with Gasteiger partial charge in [-0.3, -0.25) is 9.69 Å². The lowest BCUT2D eigenvalue weighted by molar-refractivity contribution is -0.133. The van der Waals surface area contributed by atoms with Crippen LogP contribution in [-0.4, -0.2) is 54.5 Å². The second-order valence-electron chi connectivity index (χ2n) is 5.19. The van der Waals surface area contributed by atoms with Crippen molar-refractivity contribution in [3.8, 4) is 0 Å². The summed E-state index contributed by atoms with van der Waals surface area (Å²) in [5.74, 6) is 0.0720. The van der Waals surface area contributed by atoms with E-state index in [1.165, 1.54) is 5.56 Å². The number of carbonyl (C=O) groups excluding carboxylic acids is 1. The van der Waals surface area contributed by atoms with E-state index in [4.69, 9.17) is 5.73 Å². The fourth-order valence-electron chi connectivity index (χ4n) is 2.41. The molecule has 0 aromatic heterocycles. The maximum Gasteiger partial charge on any atom is 0.239 e. The Morgan fingerprint density at radius 3 is 2.42 bits per heavy atom. The van der Waals surface area contributed by atoms with Gasteiger partial charge in [0.1, 0.15) is 0 Å². The van der Waals surface area contributed by atoms with Gasteiger partial charge >= 0.3 is 0 Å². The van der Waals surface area contributed by atoms with Crippen LogP contribution in [0, 0.1) is 0 Å². The van der Waals surface area contributed by atoms with Gasteiger partial charge in [0.25, 0.3) is 0 Å². The summed E-state index contributed by atoms with van der Waals surface area (Å²) in [6.45, 7) is 6.31. The van der Waals surface area contributed by atoms with Crippen molar-refractivity contribution in [3.05, 3.63) is 35.9 Å². The summed E-state index contributed by atoms with van der Waals surface area (Å²) in [6.07, 6.45) is 1.07. The molecule has 1 heterocycles. The van der Waals surface area contributed by atoms with E-state index in [1.54, 1.807) is 6.92 Å². The zero-order valence-corrected chi connectivity index (χ0v) is 11.6. The van der Waals surface area contributed by atoms with E-state index in [1.807, 2.05) is 11.0 Å². The molecule has 1 atom stereocenters. The fourth-order valence-corrected chi connectivity index (χ4v) is 2.41. The van der Waals surface area contributed by atoms with Crippen LogP contribution in [0.2, 0.25) is 0 Å². The third kappa shape index (κ3) is 4.04. The molecule has 1 aromatic carbocycles. The molecular formula is C15H23N3O. The molecule has 2 rings (SSSR count). The third-order valence-electron chi connectivity index (χ3n) is 3.63. The Kier molecular flexibility index (Phi) is 4.93. The van der Waals surface area contributed by atoms with E-state index in [0.29, 0.717) is 0 Å². The predicted octanol–water partition coefficient (Wildman–Crippen LogP) is 0.721. The summed E-state index contributed by atoms with van der Waals surface area (Å²) < 4.78 is 0. The van der Waals surface area contributed by atoms with Crippen molar-refractivity contribution in [2.75, 3.05) is 32.7 Å². The highest BCUT2D eigenvalue weighted by atomic mass is 16.2. The first kappa shape index (κ1) is 14.0. The molecule has 4 heteroatoms. The zero-order valence-electron chi connectivity index (χ0n) is 11.6. The van der Waals surface area contributed by atoms with Crippen molar-refractivity contribution >= 4 is 5.91 Å². The van der Waals surface area contributed by atoms with Crippen LogP contribution in [0.25, 0.3) is 0 Å². The molecule has 0 spiro atoms. The predicted molar refractivity (Wildman–Crippen MR) is 76.8 cm³/mol. The standard InChI is InChI=1S/C15H23N3O/c1-13(16)15(19)18-11-9-17(10-12-18)8-7-14-5-3-2-4-6-14/h2-6,13H,7-12,16H2,1H3/t13-/m0/s1. The normalized spacial score (nSPS) is 18.3. The lowest BCUT2D eigenvalue weighted by Crippen LogP contribution is -2.52. The Bertz CT molecular complexity index is 397. The molecule has 19 heavy (non-hydrogen) atoms. The average molecular weight is 261 g/mol. The number of hydrogen-bond acceptors (Lipinski definition) is 3. The van der Waals surface area contributed by atoms with E-state index in [9.17, 15) is 4.79 Å². The Hall–Kier alpha value is -1.39. The quantitative estimate of drug-likeness (QED) is 0.869. The maximum atomic E-state index is 11.8. The minimum Gasteiger partial charge on any atom is -0.339 e. The van der Waals surface area contributed by atoms with Crippen LogP contribution in [0.5, 0.6) is 0 Å². The first-order chi connectivity index (χ1) is 9.16. The van der Waals surface area contributed by atoms with Gasteiger partial charge in [0.15, 0.2) is 0 Å². The first-order valence-corrected chi connectivity index (χ1v) is 6.97. The summed E-state index contributed by atoms with van der Waals surface area (Å²) in [4.78, 5) is 16.1. The highest BCUT2D eigenvalue weighted by Crippen LogP contribution is 2.06. The molecule has 4 nitrogen and oxygen atoms in total. The van der Waals surface area contributed by atoms with Gasteiger partial charge in [-0.25, -0.2) is 0 Å². The Morgan fingerprint density at radius 2 is 1.84 bits per heavy atom. The van der Waals surface area contributed by atoms with Gasteiger partial charge in [-0.15, -0.1) is 0 Å². The summed E-state index contributed by atoms with van der Waals surface area (Å²) in [5.41, 5.74) is 7.00. The average Bonchev–Trinajstić information content (AvgIpc) is 2.46. The van der Waals surface area contributed by atoms with Gasteiger partial charge in [0, 0.05) is 32.7 Å². The largest absolute Gasteiger partial charge is 0.339 e. The van der Waals surface area contributed by atoms with Crippen molar-refractivity contribution < 1.29 is 4.79 Å². The summed E-state index contributed by atoms with van der Waals surface area (Å²) in [7, 11) is 0. The molecule has 1 fully saturated rings. The number of nitrogens with zero attached hydrogens (tertiary/aromatic N) is 2. The van der Waals surface area contributed by atoms with Crippen LogP contribution in [0.1, 0.15) is 12.5 Å². The van der Waals surface area contributed by atoms with Crippen molar-refractivity contribution in [2.24, 2.45) is 5.73 Å². The van der Waals surface area contributed by atoms with E-state index in [0.717, 1.165) is 39.1 Å². The highest BCUT2D eigenvalue weighted by Gasteiger charge is 2.22. The van der Waals surface area contributed by atoms with Crippen LogP contribution in [0.15, 0.2) is 30.3 Å². The van der Waals surface area contributed by atoms with E-state index < -0.39 is 0 Å². The monoisotopic (exact) mass is 261 g/mol. The zero-order chi connectivity index (χ0) is 13.7. The Labute approximate surface area is 115 Å². The van der Waals surface area contributed by atoms with Crippen LogP contribution in [0.3, 0.4) is 0 Å². The number of benzene rings is 1. The van der Waals surface area contributed by atoms with Gasteiger partial charge < -0.3 is 10.6 Å². The minimum absolute atomic E-state index is 0.0720. The molecule has 0 unspecified atom stereocenters. The smallest absolute Gasteiger partial charge is 0.239 e. The fraction of sp³-hybridized carbons (Fsp3) is 0.533. The molecular weight excluding hydrogens is 238 g/mol. The number of hydrogen-bond donors (Lipinski definition) is 1. The lowest BCUT2D eigenvalue weighted by Gasteiger charge is -2.35. The van der Waals surface area contributed by atoms with Crippen LogP contribution in [0.4, 0.5) is 0 Å². The number of rotatable bonds is 4. The second kappa shape index (κ2) is 6.68. The molecule has 1 aliphatic heterocycles. The Balaban J connectivity index is 1.73. The van der Waals surface area contributed by atoms with Crippen LogP contribution < -0.4 is 5.73 Å². The summed E-state index contributed by atoms with van der Waals surface area (Å²) >= 11 is 0. The molecule has 0 saturated carbocycles. The number of amides is 1. The molecule has 1 saturated heterocycles. The van der Waals surface area contributed by atoms with E-state index in [-0.39, 0.29) is 11.9 Å². The molecule has 0 radical (unpaired) electrons. The van der Waals surface area contributed by atoms with E-state index in [2.05, 4.69) is 29.2 Å². The van der Waals surface area contributed by atoms with Gasteiger partial charge in [-0.05, 0) is 18.9 Å². The van der Waals surface area contributed by atoms with Gasteiger partial charge in [-0.1, -0.05) is 30.3 Å². The van der Waals surface area contributed by atoms with E-state index >= 15 is 0 Å². The first-order valence-electron chi connectivity index (χ1n) is 6.97. The molecule has 104 valence electrons. The second-order valence-corrected chi connectivity index (χ2v) is 5.19. The lowest BCUT2D eigenvalue weighted by atomic mass is 10.1. The molecule has 1 aromatic rings. The number of carbonyl (C=O) groups is 1. The molecule has 1 amide bonds. The maximum absolute atomic E-state index is 11.8. The van der Waals surface area contributed by atoms with Crippen LogP contribution >= 0.6 is 0 Å². The van der Waals surface area contributed by atoms with Crippen molar-refractivity contribution in [2.45, 2.75) is 19.4 Å². The number of nitrogens with two attached hydrogens (primary N) is 1. The molecule has 1 aliphatic rings. The van der Waals surface area contributed by atoms with Crippen molar-refractivity contribution in [1.29, 1.82) is 0 Å². The van der Waals surface area contributed by atoms with Gasteiger partial charge in [-0.2, -0.15) is 0 Å². The topological polar surface area (TPSA) is 49.6 Å². The Morgan fingerprint density at radius 1 is 1.21 bits per heavy atom. The van der Waals surface area contributed by atoms with Crippen molar-refractivity contribution in [1.82, 2.24) is 9.80 Å². The van der Waals surface area contributed by atoms with Gasteiger partial charge in [0.2, 0.25) is 5.91 Å². The third-order valence-corrected chi connectivity index (χ3v) is 3.63.